The molecule has 3 rings (SSSR count). The van der Waals surface area contributed by atoms with Crippen molar-refractivity contribution in [2.75, 3.05) is 11.9 Å². The van der Waals surface area contributed by atoms with E-state index in [1.165, 1.54) is 10.6 Å². The van der Waals surface area contributed by atoms with Crippen LogP contribution in [0.5, 0.6) is 5.75 Å². The van der Waals surface area contributed by atoms with Crippen LogP contribution in [0.3, 0.4) is 0 Å². The highest BCUT2D eigenvalue weighted by Crippen LogP contribution is 2.17. The third-order valence-electron chi connectivity index (χ3n) is 3.78. The first-order valence-corrected chi connectivity index (χ1v) is 8.05. The Hall–Kier alpha value is -3.59. The molecule has 0 radical (unpaired) electrons. The quantitative estimate of drug-likeness (QED) is 0.695. The number of anilines is 1. The predicted molar refractivity (Wildman–Crippen MR) is 101 cm³/mol. The molecule has 2 heterocycles. The molecular formula is C20H18N4O2. The maximum atomic E-state index is 12.2. The Morgan fingerprint density at radius 3 is 2.81 bits per heavy atom. The van der Waals surface area contributed by atoms with Crippen LogP contribution < -0.4 is 15.6 Å². The third-order valence-corrected chi connectivity index (χ3v) is 3.78. The number of rotatable bonds is 6. The van der Waals surface area contributed by atoms with Crippen LogP contribution in [0.1, 0.15) is 5.56 Å². The highest BCUT2D eigenvalue weighted by Gasteiger charge is 2.08. The number of aromatic nitrogens is 3. The summed E-state index contributed by atoms with van der Waals surface area (Å²) in [5, 5.41) is 3.20. The zero-order chi connectivity index (χ0) is 18.4. The number of pyridine rings is 1. The van der Waals surface area contributed by atoms with Crippen molar-refractivity contribution in [1.82, 2.24) is 14.5 Å². The van der Waals surface area contributed by atoms with Crippen molar-refractivity contribution >= 4 is 5.95 Å². The minimum absolute atomic E-state index is 0.139. The summed E-state index contributed by atoms with van der Waals surface area (Å²) < 4.78 is 6.90. The number of hydrogen-bond acceptors (Lipinski definition) is 5. The molecule has 0 aliphatic carbocycles. The SMILES string of the molecule is C#CCOc1cccc(CNc2nc(-c3ccncc3)cc(=O)n2C)c1. The van der Waals surface area contributed by atoms with E-state index < -0.39 is 0 Å². The van der Waals surface area contributed by atoms with E-state index >= 15 is 0 Å². The third kappa shape index (κ3) is 4.08. The molecule has 0 aliphatic rings. The summed E-state index contributed by atoms with van der Waals surface area (Å²) in [6.45, 7) is 0.717. The Morgan fingerprint density at radius 1 is 1.23 bits per heavy atom. The molecule has 3 aromatic rings. The van der Waals surface area contributed by atoms with Gasteiger partial charge in [-0.25, -0.2) is 4.98 Å². The summed E-state index contributed by atoms with van der Waals surface area (Å²) in [5.41, 5.74) is 2.29. The summed E-state index contributed by atoms with van der Waals surface area (Å²) in [5.74, 6) is 3.63. The van der Waals surface area contributed by atoms with Gasteiger partial charge in [-0.1, -0.05) is 18.1 Å². The van der Waals surface area contributed by atoms with Gasteiger partial charge in [-0.3, -0.25) is 14.3 Å². The van der Waals surface area contributed by atoms with Gasteiger partial charge in [0.2, 0.25) is 5.95 Å². The van der Waals surface area contributed by atoms with Crippen LogP contribution in [-0.4, -0.2) is 21.1 Å². The van der Waals surface area contributed by atoms with E-state index in [9.17, 15) is 4.79 Å². The second kappa shape index (κ2) is 7.99. The van der Waals surface area contributed by atoms with Gasteiger partial charge in [0.15, 0.2) is 0 Å². The van der Waals surface area contributed by atoms with Gasteiger partial charge >= 0.3 is 0 Å². The monoisotopic (exact) mass is 346 g/mol. The van der Waals surface area contributed by atoms with E-state index in [4.69, 9.17) is 11.2 Å². The van der Waals surface area contributed by atoms with Crippen LogP contribution in [0.25, 0.3) is 11.3 Å². The van der Waals surface area contributed by atoms with E-state index in [-0.39, 0.29) is 12.2 Å². The van der Waals surface area contributed by atoms with Crippen molar-refractivity contribution in [3.8, 4) is 29.4 Å². The zero-order valence-corrected chi connectivity index (χ0v) is 14.3. The fourth-order valence-electron chi connectivity index (χ4n) is 2.42. The fourth-order valence-corrected chi connectivity index (χ4v) is 2.42. The van der Waals surface area contributed by atoms with Gasteiger partial charge in [-0.2, -0.15) is 0 Å². The molecule has 1 N–H and O–H groups in total. The zero-order valence-electron chi connectivity index (χ0n) is 14.3. The van der Waals surface area contributed by atoms with Crippen molar-refractivity contribution in [3.05, 3.63) is 70.8 Å². The molecule has 0 unspecified atom stereocenters. The summed E-state index contributed by atoms with van der Waals surface area (Å²) in [4.78, 5) is 20.8. The molecule has 6 heteroatoms. The lowest BCUT2D eigenvalue weighted by atomic mass is 10.2. The molecule has 2 aromatic heterocycles. The van der Waals surface area contributed by atoms with Crippen LogP contribution in [0.2, 0.25) is 0 Å². The maximum Gasteiger partial charge on any atom is 0.255 e. The summed E-state index contributed by atoms with van der Waals surface area (Å²) >= 11 is 0. The fraction of sp³-hybridized carbons (Fsp3) is 0.150. The average Bonchev–Trinajstić information content (AvgIpc) is 2.68. The molecule has 0 saturated carbocycles. The molecule has 1 aromatic carbocycles. The molecule has 0 spiro atoms. The smallest absolute Gasteiger partial charge is 0.255 e. The van der Waals surface area contributed by atoms with Gasteiger partial charge in [0, 0.05) is 37.6 Å². The predicted octanol–water partition coefficient (Wildman–Crippen LogP) is 2.47. The van der Waals surface area contributed by atoms with Gasteiger partial charge in [-0.15, -0.1) is 6.42 Å². The van der Waals surface area contributed by atoms with Crippen molar-refractivity contribution in [2.45, 2.75) is 6.54 Å². The Balaban J connectivity index is 1.81. The highest BCUT2D eigenvalue weighted by atomic mass is 16.5. The minimum atomic E-state index is -0.139. The van der Waals surface area contributed by atoms with Crippen LogP contribution in [0.4, 0.5) is 5.95 Å². The van der Waals surface area contributed by atoms with E-state index in [1.807, 2.05) is 36.4 Å². The first kappa shape index (κ1) is 17.2. The Kier molecular flexibility index (Phi) is 5.30. The average molecular weight is 346 g/mol. The van der Waals surface area contributed by atoms with E-state index in [2.05, 4.69) is 21.2 Å². The van der Waals surface area contributed by atoms with Crippen molar-refractivity contribution in [2.24, 2.45) is 7.05 Å². The van der Waals surface area contributed by atoms with E-state index in [0.717, 1.165) is 11.1 Å². The second-order valence-corrected chi connectivity index (χ2v) is 5.59. The number of nitrogens with one attached hydrogen (secondary N) is 1. The molecule has 0 bridgehead atoms. The van der Waals surface area contributed by atoms with Crippen molar-refractivity contribution in [1.29, 1.82) is 0 Å². The molecule has 0 saturated heterocycles. The number of ether oxygens (including phenoxy) is 1. The number of nitrogens with zero attached hydrogens (tertiary/aromatic N) is 3. The molecule has 0 aliphatic heterocycles. The Morgan fingerprint density at radius 2 is 2.04 bits per heavy atom. The summed E-state index contributed by atoms with van der Waals surface area (Å²) in [6.07, 6.45) is 8.55. The number of terminal acetylenes is 1. The molecule has 26 heavy (non-hydrogen) atoms. The van der Waals surface area contributed by atoms with E-state index in [1.54, 1.807) is 19.4 Å². The highest BCUT2D eigenvalue weighted by molar-refractivity contribution is 5.59. The van der Waals surface area contributed by atoms with Gasteiger partial charge in [0.05, 0.1) is 5.69 Å². The lowest BCUT2D eigenvalue weighted by molar-refractivity contribution is 0.370. The first-order chi connectivity index (χ1) is 12.7. The van der Waals surface area contributed by atoms with Gasteiger partial charge in [-0.05, 0) is 29.8 Å². The van der Waals surface area contributed by atoms with Gasteiger partial charge in [0.25, 0.3) is 5.56 Å². The van der Waals surface area contributed by atoms with Gasteiger partial charge < -0.3 is 10.1 Å². The van der Waals surface area contributed by atoms with Crippen LogP contribution in [0.15, 0.2) is 59.7 Å². The normalized spacial score (nSPS) is 10.2. The molecular weight excluding hydrogens is 328 g/mol. The van der Waals surface area contributed by atoms with Crippen LogP contribution in [0, 0.1) is 12.3 Å². The lowest BCUT2D eigenvalue weighted by Crippen LogP contribution is -2.21. The Bertz CT molecular complexity index is 991. The van der Waals surface area contributed by atoms with Crippen molar-refractivity contribution < 1.29 is 4.74 Å². The minimum Gasteiger partial charge on any atom is -0.481 e. The Labute approximate surface area is 151 Å². The molecule has 0 amide bonds. The lowest BCUT2D eigenvalue weighted by Gasteiger charge is -2.12. The topological polar surface area (TPSA) is 69.0 Å². The second-order valence-electron chi connectivity index (χ2n) is 5.59. The van der Waals surface area contributed by atoms with Crippen molar-refractivity contribution in [3.63, 3.8) is 0 Å². The van der Waals surface area contributed by atoms with E-state index in [0.29, 0.717) is 23.9 Å². The first-order valence-electron chi connectivity index (χ1n) is 8.05. The molecule has 6 nitrogen and oxygen atoms in total. The maximum absolute atomic E-state index is 12.2. The van der Waals surface area contributed by atoms with Crippen LogP contribution in [-0.2, 0) is 13.6 Å². The molecule has 130 valence electrons. The largest absolute Gasteiger partial charge is 0.481 e. The van der Waals surface area contributed by atoms with Gasteiger partial charge in [0.1, 0.15) is 12.4 Å². The summed E-state index contributed by atoms with van der Waals surface area (Å²) in [7, 11) is 1.68. The molecule has 0 fully saturated rings. The number of hydrogen-bond donors (Lipinski definition) is 1. The summed E-state index contributed by atoms with van der Waals surface area (Å²) in [6, 6.07) is 12.7. The molecule has 0 atom stereocenters. The standard InChI is InChI=1S/C20H18N4O2/c1-3-11-26-17-6-4-5-15(12-17)14-22-20-23-18(13-19(25)24(20)2)16-7-9-21-10-8-16/h1,4-10,12-13H,11,14H2,2H3,(H,22,23). The number of benzene rings is 1. The van der Waals surface area contributed by atoms with Crippen LogP contribution >= 0.6 is 0 Å².